The van der Waals surface area contributed by atoms with Gasteiger partial charge in [-0.25, -0.2) is 0 Å². The summed E-state index contributed by atoms with van der Waals surface area (Å²) in [6.07, 6.45) is -0.141. The van der Waals surface area contributed by atoms with Crippen LogP contribution in [0.1, 0.15) is 0 Å². The lowest BCUT2D eigenvalue weighted by molar-refractivity contribution is 0.0125. The standard InChI is InChI=1S/C8H16ClO3/c1-8(7-9)12-6-5-11-4-3-10-2/h8H,1,3-7H2,2H3. The fourth-order valence-corrected chi connectivity index (χ4v) is 0.652. The van der Waals surface area contributed by atoms with Gasteiger partial charge in [0.1, 0.15) is 0 Å². The summed E-state index contributed by atoms with van der Waals surface area (Å²) in [4.78, 5) is 0. The highest BCUT2D eigenvalue weighted by molar-refractivity contribution is 6.18. The molecule has 0 saturated carbocycles. The van der Waals surface area contributed by atoms with E-state index in [1.165, 1.54) is 0 Å². The van der Waals surface area contributed by atoms with Crippen molar-refractivity contribution < 1.29 is 14.2 Å². The molecule has 0 spiro atoms. The highest BCUT2D eigenvalue weighted by Crippen LogP contribution is 1.92. The van der Waals surface area contributed by atoms with Gasteiger partial charge in [-0.3, -0.25) is 0 Å². The van der Waals surface area contributed by atoms with Gasteiger partial charge in [0, 0.05) is 13.0 Å². The lowest BCUT2D eigenvalue weighted by atomic mass is 10.5. The molecule has 0 heterocycles. The number of halogens is 1. The number of rotatable bonds is 8. The summed E-state index contributed by atoms with van der Waals surface area (Å²) in [6.45, 7) is 5.96. The number of hydrogen-bond donors (Lipinski definition) is 0. The molecule has 1 unspecified atom stereocenters. The van der Waals surface area contributed by atoms with E-state index in [9.17, 15) is 0 Å². The Morgan fingerprint density at radius 3 is 2.50 bits per heavy atom. The van der Waals surface area contributed by atoms with Crippen LogP contribution in [0.2, 0.25) is 0 Å². The molecule has 73 valence electrons. The van der Waals surface area contributed by atoms with Gasteiger partial charge in [0.25, 0.3) is 0 Å². The summed E-state index contributed by atoms with van der Waals surface area (Å²) in [5, 5.41) is 0. The van der Waals surface area contributed by atoms with Gasteiger partial charge in [0.2, 0.25) is 0 Å². The Labute approximate surface area is 78.9 Å². The Balaban J connectivity index is 2.90. The van der Waals surface area contributed by atoms with E-state index in [2.05, 4.69) is 6.92 Å². The van der Waals surface area contributed by atoms with Gasteiger partial charge in [0.15, 0.2) is 0 Å². The van der Waals surface area contributed by atoms with Crippen molar-refractivity contribution in [2.24, 2.45) is 0 Å². The van der Waals surface area contributed by atoms with E-state index in [4.69, 9.17) is 25.8 Å². The van der Waals surface area contributed by atoms with Crippen molar-refractivity contribution in [3.05, 3.63) is 6.92 Å². The van der Waals surface area contributed by atoms with Crippen LogP contribution in [0.4, 0.5) is 0 Å². The van der Waals surface area contributed by atoms with Crippen LogP contribution in [0.15, 0.2) is 0 Å². The molecule has 0 rings (SSSR count). The summed E-state index contributed by atoms with van der Waals surface area (Å²) in [5.41, 5.74) is 0. The van der Waals surface area contributed by atoms with Crippen LogP contribution < -0.4 is 0 Å². The van der Waals surface area contributed by atoms with Crippen LogP contribution in [0.25, 0.3) is 0 Å². The van der Waals surface area contributed by atoms with Crippen molar-refractivity contribution in [2.75, 3.05) is 39.4 Å². The Hall–Kier alpha value is 0.170. The first-order valence-corrected chi connectivity index (χ1v) is 4.42. The van der Waals surface area contributed by atoms with E-state index in [1.807, 2.05) is 0 Å². The molecule has 0 aromatic rings. The second-order valence-corrected chi connectivity index (χ2v) is 2.56. The molecule has 0 fully saturated rings. The van der Waals surface area contributed by atoms with Crippen molar-refractivity contribution in [3.8, 4) is 0 Å². The van der Waals surface area contributed by atoms with Gasteiger partial charge < -0.3 is 14.2 Å². The third-order valence-corrected chi connectivity index (χ3v) is 1.53. The Bertz CT molecular complexity index is 90.4. The summed E-state index contributed by atoms with van der Waals surface area (Å²) in [6, 6.07) is 0. The SMILES string of the molecule is [CH2]C(CCl)OCCOCCOC. The number of alkyl halides is 1. The molecule has 0 N–H and O–H groups in total. The molecule has 0 aliphatic heterocycles. The molecular weight excluding hydrogens is 180 g/mol. The molecule has 0 aliphatic rings. The Kier molecular flexibility index (Phi) is 9.39. The molecule has 3 nitrogen and oxygen atoms in total. The molecule has 0 amide bonds. The lowest BCUT2D eigenvalue weighted by Crippen LogP contribution is -2.15. The summed E-state index contributed by atoms with van der Waals surface area (Å²) >= 11 is 5.47. The van der Waals surface area contributed by atoms with Crippen molar-refractivity contribution in [2.45, 2.75) is 6.10 Å². The first kappa shape index (κ1) is 12.2. The van der Waals surface area contributed by atoms with Crippen LogP contribution in [0.5, 0.6) is 0 Å². The van der Waals surface area contributed by atoms with E-state index in [0.29, 0.717) is 32.3 Å². The van der Waals surface area contributed by atoms with E-state index >= 15 is 0 Å². The molecule has 12 heavy (non-hydrogen) atoms. The molecule has 4 heteroatoms. The van der Waals surface area contributed by atoms with Gasteiger partial charge >= 0.3 is 0 Å². The third-order valence-electron chi connectivity index (χ3n) is 1.19. The second kappa shape index (κ2) is 9.26. The fraction of sp³-hybridized carbons (Fsp3) is 0.875. The normalized spacial score (nSPS) is 13.2. The zero-order valence-electron chi connectivity index (χ0n) is 7.42. The third kappa shape index (κ3) is 8.27. The largest absolute Gasteiger partial charge is 0.382 e. The maximum absolute atomic E-state index is 5.47. The minimum absolute atomic E-state index is 0.141. The molecule has 0 bridgehead atoms. The predicted molar refractivity (Wildman–Crippen MR) is 48.5 cm³/mol. The van der Waals surface area contributed by atoms with Crippen molar-refractivity contribution in [1.29, 1.82) is 0 Å². The fourth-order valence-electron chi connectivity index (χ4n) is 0.563. The number of ether oxygens (including phenoxy) is 3. The van der Waals surface area contributed by atoms with Crippen LogP contribution in [0.3, 0.4) is 0 Å². The molecule has 0 aliphatic carbocycles. The highest BCUT2D eigenvalue weighted by atomic mass is 35.5. The smallest absolute Gasteiger partial charge is 0.0712 e. The molecule has 0 aromatic heterocycles. The molecular formula is C8H16ClO3. The molecule has 0 saturated heterocycles. The first-order chi connectivity index (χ1) is 5.81. The van der Waals surface area contributed by atoms with Gasteiger partial charge in [-0.1, -0.05) is 0 Å². The quantitative estimate of drug-likeness (QED) is 0.429. The Morgan fingerprint density at radius 1 is 1.25 bits per heavy atom. The van der Waals surface area contributed by atoms with Gasteiger partial charge in [-0.15, -0.1) is 11.6 Å². The molecule has 1 atom stereocenters. The minimum Gasteiger partial charge on any atom is -0.382 e. The van der Waals surface area contributed by atoms with E-state index < -0.39 is 0 Å². The van der Waals surface area contributed by atoms with Gasteiger partial charge in [-0.05, 0) is 6.92 Å². The lowest BCUT2D eigenvalue weighted by Gasteiger charge is -2.09. The van der Waals surface area contributed by atoms with Gasteiger partial charge in [0.05, 0.1) is 32.5 Å². The maximum atomic E-state index is 5.47. The topological polar surface area (TPSA) is 27.7 Å². The summed E-state index contributed by atoms with van der Waals surface area (Å²) in [7, 11) is 1.64. The summed E-state index contributed by atoms with van der Waals surface area (Å²) < 4.78 is 15.1. The number of methoxy groups -OCH3 is 1. The Morgan fingerprint density at radius 2 is 1.92 bits per heavy atom. The highest BCUT2D eigenvalue weighted by Gasteiger charge is 1.98. The average Bonchev–Trinajstić information content (AvgIpc) is 2.10. The maximum Gasteiger partial charge on any atom is 0.0712 e. The number of hydrogen-bond acceptors (Lipinski definition) is 3. The van der Waals surface area contributed by atoms with Gasteiger partial charge in [-0.2, -0.15) is 0 Å². The average molecular weight is 196 g/mol. The van der Waals surface area contributed by atoms with Crippen LogP contribution >= 0.6 is 11.6 Å². The van der Waals surface area contributed by atoms with Crippen LogP contribution in [0, 0.1) is 6.92 Å². The van der Waals surface area contributed by atoms with Crippen molar-refractivity contribution in [1.82, 2.24) is 0 Å². The molecule has 1 radical (unpaired) electrons. The van der Waals surface area contributed by atoms with Crippen LogP contribution in [-0.4, -0.2) is 45.5 Å². The zero-order chi connectivity index (χ0) is 9.23. The minimum atomic E-state index is -0.141. The van der Waals surface area contributed by atoms with Crippen LogP contribution in [-0.2, 0) is 14.2 Å². The first-order valence-electron chi connectivity index (χ1n) is 3.88. The van der Waals surface area contributed by atoms with E-state index in [1.54, 1.807) is 7.11 Å². The summed E-state index contributed by atoms with van der Waals surface area (Å²) in [5.74, 6) is 0.415. The predicted octanol–water partition coefficient (Wildman–Crippen LogP) is 1.11. The zero-order valence-corrected chi connectivity index (χ0v) is 8.18. The van der Waals surface area contributed by atoms with Crippen molar-refractivity contribution >= 4 is 11.6 Å². The second-order valence-electron chi connectivity index (χ2n) is 2.25. The monoisotopic (exact) mass is 195 g/mol. The molecule has 0 aromatic carbocycles. The van der Waals surface area contributed by atoms with E-state index in [0.717, 1.165) is 0 Å². The van der Waals surface area contributed by atoms with E-state index in [-0.39, 0.29) is 6.10 Å². The van der Waals surface area contributed by atoms with Crippen molar-refractivity contribution in [3.63, 3.8) is 0 Å².